The van der Waals surface area contributed by atoms with Crippen molar-refractivity contribution in [3.63, 3.8) is 0 Å². The second kappa shape index (κ2) is 12.7. The van der Waals surface area contributed by atoms with Crippen molar-refractivity contribution in [2.45, 2.75) is 51.3 Å². The topological polar surface area (TPSA) is 107 Å². The second-order valence-electron chi connectivity index (χ2n) is 7.32. The molecule has 0 fully saturated rings. The molecule has 0 heterocycles. The van der Waals surface area contributed by atoms with Gasteiger partial charge in [0.25, 0.3) is 5.91 Å². The molecule has 0 rings (SSSR count). The van der Waals surface area contributed by atoms with Crippen LogP contribution in [-0.4, -0.2) is 66.3 Å². The van der Waals surface area contributed by atoms with Gasteiger partial charge in [-0.05, 0) is 51.0 Å². The number of hydrogen-bond acceptors (Lipinski definition) is 6. The van der Waals surface area contributed by atoms with Gasteiger partial charge < -0.3 is 10.0 Å². The van der Waals surface area contributed by atoms with Crippen molar-refractivity contribution >= 4 is 15.7 Å². The van der Waals surface area contributed by atoms with Gasteiger partial charge in [-0.1, -0.05) is 31.8 Å². The van der Waals surface area contributed by atoms with Gasteiger partial charge in [0.05, 0.1) is 0 Å². The molecular formula is C21H34N2O5S. The highest BCUT2D eigenvalue weighted by Gasteiger charge is 2.43. The Kier molecular flexibility index (Phi) is 11.9. The Balaban J connectivity index is 5.53. The summed E-state index contributed by atoms with van der Waals surface area (Å²) in [5.74, 6) is 9.80. The third-order valence-electron chi connectivity index (χ3n) is 5.41. The van der Waals surface area contributed by atoms with E-state index in [2.05, 4.69) is 35.2 Å². The van der Waals surface area contributed by atoms with Gasteiger partial charge in [0.15, 0.2) is 14.6 Å². The number of hydrogen-bond donors (Lipinski definition) is 3. The van der Waals surface area contributed by atoms with E-state index in [1.54, 1.807) is 6.08 Å². The molecule has 29 heavy (non-hydrogen) atoms. The van der Waals surface area contributed by atoms with E-state index >= 15 is 0 Å². The van der Waals surface area contributed by atoms with Crippen molar-refractivity contribution in [1.29, 1.82) is 0 Å². The average Bonchev–Trinajstić information content (AvgIpc) is 2.68. The summed E-state index contributed by atoms with van der Waals surface area (Å²) >= 11 is 0. The lowest BCUT2D eigenvalue weighted by Gasteiger charge is -2.36. The predicted octanol–water partition coefficient (Wildman–Crippen LogP) is 1.22. The molecule has 0 aliphatic heterocycles. The summed E-state index contributed by atoms with van der Waals surface area (Å²) < 4.78 is 22.7. The van der Waals surface area contributed by atoms with E-state index in [0.29, 0.717) is 13.1 Å². The molecule has 0 aliphatic rings. The summed E-state index contributed by atoms with van der Waals surface area (Å²) in [6.07, 6.45) is 3.64. The molecule has 1 amide bonds. The van der Waals surface area contributed by atoms with E-state index in [4.69, 9.17) is 10.3 Å². The quantitative estimate of drug-likeness (QED) is 0.199. The molecule has 4 atom stereocenters. The molecule has 2 unspecified atom stereocenters. The number of sulfone groups is 1. The van der Waals surface area contributed by atoms with Crippen LogP contribution in [-0.2, 0) is 14.6 Å². The zero-order valence-electron chi connectivity index (χ0n) is 18.0. The molecule has 0 spiro atoms. The van der Waals surface area contributed by atoms with Crippen LogP contribution < -0.4 is 5.48 Å². The van der Waals surface area contributed by atoms with Crippen molar-refractivity contribution in [3.8, 4) is 23.7 Å². The Hall–Kier alpha value is -1.84. The van der Waals surface area contributed by atoms with Crippen molar-refractivity contribution < 1.29 is 23.5 Å². The number of aliphatic hydroxyl groups excluding tert-OH is 1. The third kappa shape index (κ3) is 7.83. The molecule has 7 nitrogen and oxygen atoms in total. The molecule has 0 bridgehead atoms. The lowest BCUT2D eigenvalue weighted by atomic mass is 9.87. The Bertz CT molecular complexity index is 772. The number of aliphatic hydroxyl groups is 1. The fourth-order valence-electron chi connectivity index (χ4n) is 2.99. The molecule has 0 aliphatic carbocycles. The van der Waals surface area contributed by atoms with Crippen LogP contribution in [0.1, 0.15) is 40.5 Å². The van der Waals surface area contributed by atoms with Crippen LogP contribution in [0.25, 0.3) is 0 Å². The van der Waals surface area contributed by atoms with Gasteiger partial charge in [0.2, 0.25) is 0 Å². The van der Waals surface area contributed by atoms with Gasteiger partial charge in [0.1, 0.15) is 6.61 Å². The van der Waals surface area contributed by atoms with E-state index < -0.39 is 20.5 Å². The number of allylic oxidation sites excluding steroid dienone is 1. The monoisotopic (exact) mass is 426 g/mol. The molecule has 164 valence electrons. The number of rotatable bonds is 11. The van der Waals surface area contributed by atoms with Gasteiger partial charge in [0, 0.05) is 24.8 Å². The lowest BCUT2D eigenvalue weighted by molar-refractivity contribution is -0.131. The van der Waals surface area contributed by atoms with Gasteiger partial charge in [-0.25, -0.2) is 13.9 Å². The van der Waals surface area contributed by atoms with E-state index in [1.807, 2.05) is 20.8 Å². The largest absolute Gasteiger partial charge is 0.384 e. The molecular weight excluding hydrogens is 392 g/mol. The fourth-order valence-corrected chi connectivity index (χ4v) is 3.83. The summed E-state index contributed by atoms with van der Waals surface area (Å²) in [7, 11) is -3.74. The first-order chi connectivity index (χ1) is 13.5. The van der Waals surface area contributed by atoms with Crippen molar-refractivity contribution in [2.24, 2.45) is 11.8 Å². The average molecular weight is 427 g/mol. The van der Waals surface area contributed by atoms with Crippen molar-refractivity contribution in [1.82, 2.24) is 10.4 Å². The maximum Gasteiger partial charge on any atom is 0.264 e. The van der Waals surface area contributed by atoms with Crippen molar-refractivity contribution in [3.05, 3.63) is 12.7 Å². The lowest BCUT2D eigenvalue weighted by Crippen LogP contribution is -2.52. The van der Waals surface area contributed by atoms with E-state index in [0.717, 1.165) is 12.7 Å². The Morgan fingerprint density at radius 3 is 2.38 bits per heavy atom. The van der Waals surface area contributed by atoms with E-state index in [9.17, 15) is 13.2 Å². The number of nitrogens with zero attached hydrogens (tertiary/aromatic N) is 1. The summed E-state index contributed by atoms with van der Waals surface area (Å²) in [5.41, 5.74) is 1.48. The van der Waals surface area contributed by atoms with Crippen LogP contribution in [0.2, 0.25) is 0 Å². The van der Waals surface area contributed by atoms with Gasteiger partial charge >= 0.3 is 0 Å². The van der Waals surface area contributed by atoms with E-state index in [-0.39, 0.29) is 30.9 Å². The second-order valence-corrected chi connectivity index (χ2v) is 9.77. The maximum absolute atomic E-state index is 12.2. The third-order valence-corrected chi connectivity index (χ3v) is 7.44. The smallest absolute Gasteiger partial charge is 0.264 e. The van der Waals surface area contributed by atoms with Gasteiger partial charge in [-0.3, -0.25) is 10.0 Å². The predicted molar refractivity (Wildman–Crippen MR) is 115 cm³/mol. The van der Waals surface area contributed by atoms with Crippen LogP contribution in [0.5, 0.6) is 0 Å². The summed E-state index contributed by atoms with van der Waals surface area (Å²) in [6.45, 7) is 12.1. The normalized spacial score (nSPS) is 16.3. The first kappa shape index (κ1) is 27.2. The summed E-state index contributed by atoms with van der Waals surface area (Å²) in [5, 5.41) is 17.7. The first-order valence-corrected chi connectivity index (χ1v) is 11.5. The number of carbonyl (C=O) groups is 1. The molecule has 0 saturated carbocycles. The zero-order chi connectivity index (χ0) is 22.7. The van der Waals surface area contributed by atoms with Crippen LogP contribution in [0, 0.1) is 35.5 Å². The number of carbonyl (C=O) groups excluding carboxylic acids is 1. The van der Waals surface area contributed by atoms with Gasteiger partial charge in [-0.2, -0.15) is 0 Å². The number of amides is 1. The standard InChI is InChI=1S/C21H34N2O5S/c1-7-14-23(15-13-21(5,20(25)22-26)29(6,27)28)18(4)17(3)19(8-2)12-10-9-11-16-24/h8,17-19,24,26H,2,7,13-16H2,1,3-6H3,(H,22,25)/t17-,18?,19+,21?/m0/s1. The number of nitrogens with one attached hydrogen (secondary N) is 1. The van der Waals surface area contributed by atoms with Crippen LogP contribution in [0.3, 0.4) is 0 Å². The Morgan fingerprint density at radius 2 is 1.93 bits per heavy atom. The maximum atomic E-state index is 12.2. The molecule has 0 radical (unpaired) electrons. The van der Waals surface area contributed by atoms with E-state index in [1.165, 1.54) is 12.4 Å². The van der Waals surface area contributed by atoms with Crippen LogP contribution >= 0.6 is 0 Å². The molecule has 0 aromatic carbocycles. The first-order valence-electron chi connectivity index (χ1n) is 9.60. The number of hydroxylamine groups is 1. The summed E-state index contributed by atoms with van der Waals surface area (Å²) in [4.78, 5) is 14.2. The highest BCUT2D eigenvalue weighted by Crippen LogP contribution is 2.25. The van der Waals surface area contributed by atoms with Crippen LogP contribution in [0.15, 0.2) is 12.7 Å². The molecule has 0 aromatic rings. The molecule has 0 aromatic heterocycles. The molecule has 0 saturated heterocycles. The minimum absolute atomic E-state index is 0.0269. The highest BCUT2D eigenvalue weighted by molar-refractivity contribution is 7.92. The zero-order valence-corrected chi connectivity index (χ0v) is 18.8. The Morgan fingerprint density at radius 1 is 1.31 bits per heavy atom. The minimum Gasteiger partial charge on any atom is -0.384 e. The van der Waals surface area contributed by atoms with Crippen molar-refractivity contribution in [2.75, 3.05) is 26.0 Å². The molecule has 3 N–H and O–H groups in total. The SMILES string of the molecule is C=C[C@H](C#CC#CCO)[C@@H](C)C(C)N(CCC)CCC(C)(C(=O)NO)S(C)(=O)=O. The molecule has 8 heteroatoms. The van der Waals surface area contributed by atoms with Crippen LogP contribution in [0.4, 0.5) is 0 Å². The minimum atomic E-state index is -3.74. The van der Waals surface area contributed by atoms with Gasteiger partial charge in [-0.15, -0.1) is 6.58 Å². The fraction of sp³-hybridized carbons (Fsp3) is 0.667. The summed E-state index contributed by atoms with van der Waals surface area (Å²) in [6, 6.07) is 0.0269. The Labute approximate surface area is 175 Å². The highest BCUT2D eigenvalue weighted by atomic mass is 32.2.